The zero-order chi connectivity index (χ0) is 17.2. The molecular formula is C18H21FN2O3. The van der Waals surface area contributed by atoms with E-state index in [2.05, 4.69) is 0 Å². The lowest BCUT2D eigenvalue weighted by molar-refractivity contribution is -0.136. The van der Waals surface area contributed by atoms with Gasteiger partial charge >= 0.3 is 0 Å². The minimum absolute atomic E-state index is 0.0279. The first-order valence-electron chi connectivity index (χ1n) is 8.09. The van der Waals surface area contributed by atoms with Crippen molar-refractivity contribution >= 4 is 17.9 Å². The first-order chi connectivity index (χ1) is 11.5. The van der Waals surface area contributed by atoms with Crippen molar-refractivity contribution in [1.29, 1.82) is 0 Å². The molecule has 2 saturated heterocycles. The molecule has 2 atom stereocenters. The molecule has 0 spiro atoms. The second-order valence-corrected chi connectivity index (χ2v) is 6.48. The maximum absolute atomic E-state index is 13.1. The molecule has 2 N–H and O–H groups in total. The predicted molar refractivity (Wildman–Crippen MR) is 87.2 cm³/mol. The van der Waals surface area contributed by atoms with Crippen molar-refractivity contribution in [2.75, 3.05) is 26.3 Å². The summed E-state index contributed by atoms with van der Waals surface area (Å²) in [5.41, 5.74) is 5.67. The average Bonchev–Trinajstić information content (AvgIpc) is 2.96. The molecule has 2 aliphatic rings. The van der Waals surface area contributed by atoms with E-state index in [0.717, 1.165) is 0 Å². The highest BCUT2D eigenvalue weighted by Gasteiger charge is 2.53. The molecule has 6 heteroatoms. The summed E-state index contributed by atoms with van der Waals surface area (Å²) in [5.74, 6) is -0.741. The van der Waals surface area contributed by atoms with Gasteiger partial charge < -0.3 is 15.4 Å². The topological polar surface area (TPSA) is 72.6 Å². The molecule has 0 aliphatic carbocycles. The number of carbonyl (C=O) groups excluding carboxylic acids is 2. The maximum Gasteiger partial charge on any atom is 0.226 e. The second kappa shape index (κ2) is 6.73. The van der Waals surface area contributed by atoms with E-state index in [9.17, 15) is 14.0 Å². The third kappa shape index (κ3) is 3.19. The van der Waals surface area contributed by atoms with Crippen LogP contribution in [0, 0.1) is 17.2 Å². The third-order valence-electron chi connectivity index (χ3n) is 5.00. The fourth-order valence-electron chi connectivity index (χ4n) is 3.58. The van der Waals surface area contributed by atoms with Gasteiger partial charge in [0.15, 0.2) is 0 Å². The van der Waals surface area contributed by atoms with Gasteiger partial charge in [-0.1, -0.05) is 24.3 Å². The maximum atomic E-state index is 13.1. The average molecular weight is 332 g/mol. The number of rotatable bonds is 4. The molecule has 1 aromatic rings. The summed E-state index contributed by atoms with van der Waals surface area (Å²) in [6.07, 6.45) is 4.21. The van der Waals surface area contributed by atoms with Gasteiger partial charge in [-0.15, -0.1) is 0 Å². The van der Waals surface area contributed by atoms with Crippen LogP contribution < -0.4 is 5.73 Å². The number of hydrogen-bond acceptors (Lipinski definition) is 3. The smallest absolute Gasteiger partial charge is 0.226 e. The van der Waals surface area contributed by atoms with Crippen LogP contribution >= 0.6 is 0 Å². The van der Waals surface area contributed by atoms with E-state index in [1.54, 1.807) is 29.2 Å². The number of halogens is 1. The minimum Gasteiger partial charge on any atom is -0.381 e. The first kappa shape index (κ1) is 16.6. The minimum atomic E-state index is -0.653. The number of carbonyl (C=O) groups is 2. The number of fused-ring (bicyclic) bond motifs is 1. The summed E-state index contributed by atoms with van der Waals surface area (Å²) >= 11 is 0. The molecule has 24 heavy (non-hydrogen) atoms. The zero-order valence-corrected chi connectivity index (χ0v) is 13.4. The Hall–Kier alpha value is -2.21. The number of nitrogens with two attached hydrogens (primary N) is 1. The van der Waals surface area contributed by atoms with Crippen molar-refractivity contribution in [3.8, 4) is 0 Å². The molecular weight excluding hydrogens is 311 g/mol. The lowest BCUT2D eigenvalue weighted by Crippen LogP contribution is -2.48. The molecule has 3 rings (SSSR count). The van der Waals surface area contributed by atoms with Gasteiger partial charge in [0.2, 0.25) is 11.8 Å². The molecule has 1 aromatic carbocycles. The van der Waals surface area contributed by atoms with Crippen LogP contribution in [-0.2, 0) is 14.3 Å². The van der Waals surface area contributed by atoms with Crippen LogP contribution in [0.1, 0.15) is 18.4 Å². The zero-order valence-electron chi connectivity index (χ0n) is 13.4. The Morgan fingerprint density at radius 2 is 2.29 bits per heavy atom. The van der Waals surface area contributed by atoms with Gasteiger partial charge in [-0.2, -0.15) is 0 Å². The molecule has 128 valence electrons. The van der Waals surface area contributed by atoms with Crippen LogP contribution in [0.5, 0.6) is 0 Å². The predicted octanol–water partition coefficient (Wildman–Crippen LogP) is 1.58. The molecule has 0 aromatic heterocycles. The highest BCUT2D eigenvalue weighted by molar-refractivity contribution is 5.85. The van der Waals surface area contributed by atoms with Crippen LogP contribution in [0.25, 0.3) is 6.08 Å². The van der Waals surface area contributed by atoms with E-state index in [1.165, 1.54) is 12.1 Å². The summed E-state index contributed by atoms with van der Waals surface area (Å²) in [7, 11) is 0. The summed E-state index contributed by atoms with van der Waals surface area (Å²) in [5, 5.41) is 0. The Bertz CT molecular complexity index is 676. The van der Waals surface area contributed by atoms with Crippen LogP contribution in [-0.4, -0.2) is 43.0 Å². The van der Waals surface area contributed by atoms with Gasteiger partial charge in [-0.05, 0) is 24.1 Å². The number of hydrogen-bond donors (Lipinski definition) is 1. The molecule has 0 bridgehead atoms. The first-order valence-corrected chi connectivity index (χ1v) is 8.09. The van der Waals surface area contributed by atoms with Gasteiger partial charge in [0.25, 0.3) is 0 Å². The van der Waals surface area contributed by atoms with E-state index in [0.29, 0.717) is 38.3 Å². The quantitative estimate of drug-likeness (QED) is 0.910. The molecule has 0 unspecified atom stereocenters. The van der Waals surface area contributed by atoms with Gasteiger partial charge in [-0.3, -0.25) is 9.59 Å². The lowest BCUT2D eigenvalue weighted by Gasteiger charge is -2.34. The SMILES string of the molecule is NC(=O)[C@]12CCOC[C@H]1CN(C(=O)C/C=C/c1cccc(F)c1)C2. The Morgan fingerprint density at radius 1 is 1.46 bits per heavy atom. The van der Waals surface area contributed by atoms with Gasteiger partial charge in [0, 0.05) is 32.0 Å². The van der Waals surface area contributed by atoms with Crippen molar-refractivity contribution in [2.45, 2.75) is 12.8 Å². The fourth-order valence-corrected chi connectivity index (χ4v) is 3.58. The molecule has 2 aliphatic heterocycles. The van der Waals surface area contributed by atoms with Gasteiger partial charge in [0.1, 0.15) is 5.82 Å². The van der Waals surface area contributed by atoms with E-state index in [1.807, 2.05) is 0 Å². The summed E-state index contributed by atoms with van der Waals surface area (Å²) in [6, 6.07) is 6.18. The van der Waals surface area contributed by atoms with E-state index in [-0.39, 0.29) is 30.0 Å². The Kier molecular flexibility index (Phi) is 4.66. The monoisotopic (exact) mass is 332 g/mol. The lowest BCUT2D eigenvalue weighted by atomic mass is 9.74. The molecule has 0 radical (unpaired) electrons. The van der Waals surface area contributed by atoms with Crippen LogP contribution in [0.3, 0.4) is 0 Å². The largest absolute Gasteiger partial charge is 0.381 e. The van der Waals surface area contributed by atoms with Crippen LogP contribution in [0.2, 0.25) is 0 Å². The Labute approximate surface area is 140 Å². The highest BCUT2D eigenvalue weighted by atomic mass is 19.1. The second-order valence-electron chi connectivity index (χ2n) is 6.48. The highest BCUT2D eigenvalue weighted by Crippen LogP contribution is 2.42. The number of ether oxygens (including phenoxy) is 1. The van der Waals surface area contributed by atoms with E-state index in [4.69, 9.17) is 10.5 Å². The summed E-state index contributed by atoms with van der Waals surface area (Å²) in [6.45, 7) is 1.82. The van der Waals surface area contributed by atoms with Crippen molar-refractivity contribution < 1.29 is 18.7 Å². The van der Waals surface area contributed by atoms with Gasteiger partial charge in [-0.25, -0.2) is 4.39 Å². The number of benzene rings is 1. The van der Waals surface area contributed by atoms with Crippen LogP contribution in [0.4, 0.5) is 4.39 Å². The van der Waals surface area contributed by atoms with Crippen molar-refractivity contribution in [2.24, 2.45) is 17.1 Å². The summed E-state index contributed by atoms with van der Waals surface area (Å²) < 4.78 is 18.6. The van der Waals surface area contributed by atoms with Crippen molar-refractivity contribution in [3.05, 3.63) is 41.7 Å². The van der Waals surface area contributed by atoms with E-state index < -0.39 is 5.41 Å². The molecule has 5 nitrogen and oxygen atoms in total. The molecule has 2 amide bonds. The van der Waals surface area contributed by atoms with Gasteiger partial charge in [0.05, 0.1) is 12.0 Å². The molecule has 2 fully saturated rings. The Balaban J connectivity index is 1.63. The van der Waals surface area contributed by atoms with Crippen molar-refractivity contribution in [3.63, 3.8) is 0 Å². The number of primary amides is 1. The van der Waals surface area contributed by atoms with E-state index >= 15 is 0 Å². The van der Waals surface area contributed by atoms with Crippen molar-refractivity contribution in [1.82, 2.24) is 4.90 Å². The third-order valence-corrected chi connectivity index (χ3v) is 5.00. The number of likely N-dealkylation sites (tertiary alicyclic amines) is 1. The normalized spacial score (nSPS) is 26.5. The Morgan fingerprint density at radius 3 is 3.00 bits per heavy atom. The summed E-state index contributed by atoms with van der Waals surface area (Å²) in [4.78, 5) is 26.0. The molecule has 2 heterocycles. The fraction of sp³-hybridized carbons (Fsp3) is 0.444. The number of amides is 2. The number of nitrogens with zero attached hydrogens (tertiary/aromatic N) is 1. The standard InChI is InChI=1S/C18H21FN2O3/c19-15-5-1-3-13(9-15)4-2-6-16(22)21-10-14-11-24-8-7-18(14,12-21)17(20)23/h1-5,9,14H,6-8,10-12H2,(H2,20,23)/b4-2+/t14-,18+/m1/s1. The molecule has 0 saturated carbocycles. The van der Waals surface area contributed by atoms with Crippen LogP contribution in [0.15, 0.2) is 30.3 Å².